The number of benzene rings is 1. The molecule has 0 amide bonds. The zero-order valence-electron chi connectivity index (χ0n) is 11.0. The van der Waals surface area contributed by atoms with Crippen molar-refractivity contribution in [2.75, 3.05) is 38.6 Å². The minimum absolute atomic E-state index is 0.766. The van der Waals surface area contributed by atoms with Crippen molar-refractivity contribution < 1.29 is 0 Å². The van der Waals surface area contributed by atoms with Gasteiger partial charge in [0.1, 0.15) is 0 Å². The van der Waals surface area contributed by atoms with Crippen LogP contribution in [0.15, 0.2) is 18.2 Å². The summed E-state index contributed by atoms with van der Waals surface area (Å²) in [4.78, 5) is 4.74. The first-order valence-electron chi connectivity index (χ1n) is 6.34. The second-order valence-corrected chi connectivity index (χ2v) is 6.20. The van der Waals surface area contributed by atoms with Crippen LogP contribution in [0.4, 0.5) is 5.69 Å². The van der Waals surface area contributed by atoms with Gasteiger partial charge in [0.15, 0.2) is 0 Å². The van der Waals surface area contributed by atoms with Crippen LogP contribution in [0.2, 0.25) is 5.02 Å². The average molecular weight is 332 g/mol. The second-order valence-electron chi connectivity index (χ2n) is 5.20. The Hall–Kier alpha value is -0.250. The summed E-state index contributed by atoms with van der Waals surface area (Å²) in [5.74, 6) is 0.766. The van der Waals surface area contributed by atoms with E-state index in [2.05, 4.69) is 52.0 Å². The second kappa shape index (κ2) is 6.27. The molecular weight excluding hydrogens is 312 g/mol. The fraction of sp³-hybridized carbons (Fsp3) is 0.571. The van der Waals surface area contributed by atoms with Crippen molar-refractivity contribution in [3.8, 4) is 0 Å². The van der Waals surface area contributed by atoms with Gasteiger partial charge in [-0.15, -0.1) is 0 Å². The van der Waals surface area contributed by atoms with Crippen LogP contribution in [-0.2, 0) is 5.33 Å². The first-order valence-corrected chi connectivity index (χ1v) is 7.84. The van der Waals surface area contributed by atoms with Crippen LogP contribution in [0.5, 0.6) is 0 Å². The number of hydrogen-bond donors (Lipinski definition) is 0. The smallest absolute Gasteiger partial charge is 0.0426 e. The Balaban J connectivity index is 2.08. The van der Waals surface area contributed by atoms with E-state index >= 15 is 0 Å². The number of hydrogen-bond acceptors (Lipinski definition) is 2. The van der Waals surface area contributed by atoms with Crippen LogP contribution in [0.25, 0.3) is 0 Å². The Kier molecular flexibility index (Phi) is 4.93. The normalized spacial score (nSPS) is 20.3. The van der Waals surface area contributed by atoms with E-state index in [-0.39, 0.29) is 0 Å². The van der Waals surface area contributed by atoms with Crippen LogP contribution >= 0.6 is 27.5 Å². The molecule has 0 bridgehead atoms. The van der Waals surface area contributed by atoms with Gasteiger partial charge in [0.2, 0.25) is 0 Å². The Labute approximate surface area is 123 Å². The van der Waals surface area contributed by atoms with Crippen LogP contribution in [0, 0.1) is 5.92 Å². The molecule has 0 spiro atoms. The fourth-order valence-corrected chi connectivity index (χ4v) is 3.31. The number of alkyl halides is 1. The molecule has 1 heterocycles. The van der Waals surface area contributed by atoms with Crippen LogP contribution < -0.4 is 4.90 Å². The number of likely N-dealkylation sites (tertiary alicyclic amines) is 1. The minimum Gasteiger partial charge on any atom is -0.374 e. The standard InChI is InChI=1S/C14H20BrClN2/c1-17-6-5-11(9-17)10-18(2)14-7-13(16)4-3-12(14)8-15/h3-4,7,11H,5-6,8-10H2,1-2H3. The molecule has 1 saturated heterocycles. The summed E-state index contributed by atoms with van der Waals surface area (Å²) in [5, 5.41) is 1.68. The molecule has 0 aliphatic carbocycles. The van der Waals surface area contributed by atoms with Gasteiger partial charge >= 0.3 is 0 Å². The summed E-state index contributed by atoms with van der Waals surface area (Å²) in [6.45, 7) is 3.53. The highest BCUT2D eigenvalue weighted by atomic mass is 79.9. The molecule has 4 heteroatoms. The first-order chi connectivity index (χ1) is 8.60. The van der Waals surface area contributed by atoms with E-state index in [0.717, 1.165) is 22.8 Å². The van der Waals surface area contributed by atoms with Gasteiger partial charge in [0, 0.05) is 36.2 Å². The van der Waals surface area contributed by atoms with Gasteiger partial charge < -0.3 is 9.80 Å². The number of rotatable bonds is 4. The number of nitrogens with zero attached hydrogens (tertiary/aromatic N) is 2. The van der Waals surface area contributed by atoms with Crippen molar-refractivity contribution in [2.45, 2.75) is 11.8 Å². The Morgan fingerprint density at radius 3 is 2.89 bits per heavy atom. The maximum absolute atomic E-state index is 6.11. The van der Waals surface area contributed by atoms with E-state index in [4.69, 9.17) is 11.6 Å². The van der Waals surface area contributed by atoms with E-state index in [9.17, 15) is 0 Å². The Morgan fingerprint density at radius 1 is 1.50 bits per heavy atom. The highest BCUT2D eigenvalue weighted by Crippen LogP contribution is 2.27. The molecule has 0 aromatic heterocycles. The minimum atomic E-state index is 0.766. The highest BCUT2D eigenvalue weighted by molar-refractivity contribution is 9.08. The summed E-state index contributed by atoms with van der Waals surface area (Å²) in [6.07, 6.45) is 1.30. The molecule has 2 rings (SSSR count). The molecular formula is C14H20BrClN2. The molecule has 0 saturated carbocycles. The monoisotopic (exact) mass is 330 g/mol. The van der Waals surface area contributed by atoms with Crippen molar-refractivity contribution in [1.82, 2.24) is 4.90 Å². The highest BCUT2D eigenvalue weighted by Gasteiger charge is 2.21. The molecule has 1 aromatic carbocycles. The summed E-state index contributed by atoms with van der Waals surface area (Å²) in [7, 11) is 4.36. The lowest BCUT2D eigenvalue weighted by Gasteiger charge is -2.25. The molecule has 1 unspecified atom stereocenters. The molecule has 1 aliphatic heterocycles. The van der Waals surface area contributed by atoms with Crippen LogP contribution in [-0.4, -0.2) is 38.6 Å². The maximum Gasteiger partial charge on any atom is 0.0426 e. The molecule has 1 atom stereocenters. The SMILES string of the molecule is CN1CCC(CN(C)c2cc(Cl)ccc2CBr)C1. The molecule has 0 radical (unpaired) electrons. The third kappa shape index (κ3) is 3.40. The molecule has 1 aromatic rings. The third-order valence-corrected chi connectivity index (χ3v) is 4.46. The molecule has 18 heavy (non-hydrogen) atoms. The summed E-state index contributed by atoms with van der Waals surface area (Å²) < 4.78 is 0. The fourth-order valence-electron chi connectivity index (χ4n) is 2.67. The number of anilines is 1. The average Bonchev–Trinajstić information content (AvgIpc) is 2.74. The van der Waals surface area contributed by atoms with Crippen molar-refractivity contribution in [3.05, 3.63) is 28.8 Å². The molecule has 0 N–H and O–H groups in total. The van der Waals surface area contributed by atoms with Crippen LogP contribution in [0.3, 0.4) is 0 Å². The van der Waals surface area contributed by atoms with Gasteiger partial charge in [-0.2, -0.15) is 0 Å². The largest absolute Gasteiger partial charge is 0.374 e. The van der Waals surface area contributed by atoms with Crippen LogP contribution in [0.1, 0.15) is 12.0 Å². The Morgan fingerprint density at radius 2 is 2.28 bits per heavy atom. The lowest BCUT2D eigenvalue weighted by atomic mass is 10.1. The van der Waals surface area contributed by atoms with E-state index in [1.165, 1.54) is 30.8 Å². The lowest BCUT2D eigenvalue weighted by Crippen LogP contribution is -2.27. The summed E-state index contributed by atoms with van der Waals surface area (Å²) >= 11 is 9.65. The quantitative estimate of drug-likeness (QED) is 0.778. The van der Waals surface area contributed by atoms with E-state index in [1.54, 1.807) is 0 Å². The lowest BCUT2D eigenvalue weighted by molar-refractivity contribution is 0.396. The molecule has 100 valence electrons. The maximum atomic E-state index is 6.11. The molecule has 2 nitrogen and oxygen atoms in total. The van der Waals surface area contributed by atoms with E-state index in [1.807, 2.05) is 6.07 Å². The van der Waals surface area contributed by atoms with Crippen molar-refractivity contribution >= 4 is 33.2 Å². The van der Waals surface area contributed by atoms with Gasteiger partial charge in [-0.05, 0) is 43.6 Å². The van der Waals surface area contributed by atoms with Crippen molar-refractivity contribution in [2.24, 2.45) is 5.92 Å². The third-order valence-electron chi connectivity index (χ3n) is 3.62. The number of halogens is 2. The summed E-state index contributed by atoms with van der Waals surface area (Å²) in [5.41, 5.74) is 2.54. The summed E-state index contributed by atoms with van der Waals surface area (Å²) in [6, 6.07) is 6.12. The first kappa shape index (κ1) is 14.2. The van der Waals surface area contributed by atoms with Gasteiger partial charge in [0.25, 0.3) is 0 Å². The molecule has 1 fully saturated rings. The zero-order chi connectivity index (χ0) is 13.1. The van der Waals surface area contributed by atoms with E-state index < -0.39 is 0 Å². The van der Waals surface area contributed by atoms with Crippen molar-refractivity contribution in [1.29, 1.82) is 0 Å². The van der Waals surface area contributed by atoms with Gasteiger partial charge in [0.05, 0.1) is 0 Å². The zero-order valence-corrected chi connectivity index (χ0v) is 13.3. The predicted octanol–water partition coefficient (Wildman–Crippen LogP) is 3.62. The Bertz CT molecular complexity index is 411. The van der Waals surface area contributed by atoms with Gasteiger partial charge in [-0.1, -0.05) is 33.6 Å². The predicted molar refractivity (Wildman–Crippen MR) is 83.0 cm³/mol. The van der Waals surface area contributed by atoms with Gasteiger partial charge in [-0.3, -0.25) is 0 Å². The van der Waals surface area contributed by atoms with E-state index in [0.29, 0.717) is 0 Å². The van der Waals surface area contributed by atoms with Crippen molar-refractivity contribution in [3.63, 3.8) is 0 Å². The molecule has 1 aliphatic rings. The topological polar surface area (TPSA) is 6.48 Å². The van der Waals surface area contributed by atoms with Gasteiger partial charge in [-0.25, -0.2) is 0 Å².